The molecule has 1 aromatic heterocycles. The Labute approximate surface area is 145 Å². The maximum atomic E-state index is 12.9. The number of furan rings is 1. The maximum Gasteiger partial charge on any atom is 0.256 e. The van der Waals surface area contributed by atoms with E-state index in [0.717, 1.165) is 16.1 Å². The molecule has 0 radical (unpaired) electrons. The van der Waals surface area contributed by atoms with Gasteiger partial charge in [0.15, 0.2) is 0 Å². The fraction of sp³-hybridized carbons (Fsp3) is 0.0500. The Morgan fingerprint density at radius 2 is 1.75 bits per heavy atom. The summed E-state index contributed by atoms with van der Waals surface area (Å²) in [5.74, 6) is 0.473. The highest BCUT2D eigenvalue weighted by molar-refractivity contribution is 7.98. The number of para-hydroxylation sites is 1. The van der Waals surface area contributed by atoms with Crippen LogP contribution in [-0.4, -0.2) is 12.2 Å². The van der Waals surface area contributed by atoms with Gasteiger partial charge in [0.2, 0.25) is 0 Å². The van der Waals surface area contributed by atoms with Crippen LogP contribution in [-0.2, 0) is 4.79 Å². The third kappa shape index (κ3) is 3.78. The predicted octanol–water partition coefficient (Wildman–Crippen LogP) is 5.18. The van der Waals surface area contributed by atoms with E-state index in [1.165, 1.54) is 0 Å². The molecule has 1 heterocycles. The first-order valence-electron chi connectivity index (χ1n) is 7.53. The molecule has 0 bridgehead atoms. The molecule has 3 nitrogen and oxygen atoms in total. The van der Waals surface area contributed by atoms with Crippen molar-refractivity contribution in [2.24, 2.45) is 0 Å². The number of carbonyl (C=O) groups is 1. The van der Waals surface area contributed by atoms with Gasteiger partial charge < -0.3 is 9.73 Å². The minimum absolute atomic E-state index is 0.167. The summed E-state index contributed by atoms with van der Waals surface area (Å²) >= 11 is 1.60. The number of rotatable bonds is 5. The predicted molar refractivity (Wildman–Crippen MR) is 99.9 cm³/mol. The molecule has 0 saturated heterocycles. The van der Waals surface area contributed by atoms with Crippen molar-refractivity contribution in [1.82, 2.24) is 0 Å². The van der Waals surface area contributed by atoms with E-state index in [0.29, 0.717) is 11.3 Å². The highest BCUT2D eigenvalue weighted by Crippen LogP contribution is 2.27. The highest BCUT2D eigenvalue weighted by Gasteiger charge is 2.14. The molecule has 0 saturated carbocycles. The zero-order valence-electron chi connectivity index (χ0n) is 13.2. The van der Waals surface area contributed by atoms with Crippen LogP contribution < -0.4 is 5.32 Å². The molecule has 3 aromatic rings. The van der Waals surface area contributed by atoms with Crippen LogP contribution in [0.25, 0.3) is 11.6 Å². The monoisotopic (exact) mass is 335 g/mol. The zero-order chi connectivity index (χ0) is 16.8. The van der Waals surface area contributed by atoms with Crippen LogP contribution >= 0.6 is 11.8 Å². The number of nitrogens with one attached hydrogen (secondary N) is 1. The van der Waals surface area contributed by atoms with Crippen molar-refractivity contribution in [3.8, 4) is 0 Å². The van der Waals surface area contributed by atoms with Crippen molar-refractivity contribution >= 4 is 35.0 Å². The second-order valence-corrected chi connectivity index (χ2v) is 5.94. The molecule has 0 fully saturated rings. The molecule has 0 spiro atoms. The topological polar surface area (TPSA) is 42.2 Å². The Bertz CT molecular complexity index is 839. The van der Waals surface area contributed by atoms with Gasteiger partial charge in [-0.1, -0.05) is 42.5 Å². The van der Waals surface area contributed by atoms with Crippen molar-refractivity contribution < 1.29 is 9.21 Å². The van der Waals surface area contributed by atoms with Crippen molar-refractivity contribution in [2.45, 2.75) is 4.90 Å². The van der Waals surface area contributed by atoms with E-state index in [4.69, 9.17) is 4.42 Å². The van der Waals surface area contributed by atoms with Gasteiger partial charge in [-0.05, 0) is 42.2 Å². The number of carbonyl (C=O) groups excluding carboxylic acids is 1. The number of hydrogen-bond donors (Lipinski definition) is 1. The Morgan fingerprint density at radius 1 is 1.00 bits per heavy atom. The first kappa shape index (κ1) is 16.1. The lowest BCUT2D eigenvalue weighted by Gasteiger charge is -2.12. The molecule has 24 heavy (non-hydrogen) atoms. The normalized spacial score (nSPS) is 11.3. The molecule has 0 aliphatic rings. The lowest BCUT2D eigenvalue weighted by molar-refractivity contribution is -0.111. The van der Waals surface area contributed by atoms with Crippen LogP contribution in [0.5, 0.6) is 0 Å². The van der Waals surface area contributed by atoms with E-state index in [2.05, 4.69) is 5.32 Å². The van der Waals surface area contributed by atoms with Gasteiger partial charge in [0.25, 0.3) is 5.91 Å². The first-order chi connectivity index (χ1) is 11.8. The number of thioether (sulfide) groups is 1. The Morgan fingerprint density at radius 3 is 2.46 bits per heavy atom. The van der Waals surface area contributed by atoms with Crippen molar-refractivity contribution in [3.63, 3.8) is 0 Å². The number of benzene rings is 2. The van der Waals surface area contributed by atoms with Crippen LogP contribution in [0.15, 0.2) is 82.3 Å². The summed E-state index contributed by atoms with van der Waals surface area (Å²) in [5, 5.41) is 3.00. The van der Waals surface area contributed by atoms with Gasteiger partial charge in [0, 0.05) is 4.90 Å². The van der Waals surface area contributed by atoms with Crippen LogP contribution in [0.3, 0.4) is 0 Å². The van der Waals surface area contributed by atoms with Crippen LogP contribution in [0.1, 0.15) is 11.3 Å². The van der Waals surface area contributed by atoms with E-state index in [-0.39, 0.29) is 5.91 Å². The van der Waals surface area contributed by atoms with E-state index in [1.54, 1.807) is 30.2 Å². The number of anilines is 1. The minimum atomic E-state index is -0.167. The van der Waals surface area contributed by atoms with E-state index < -0.39 is 0 Å². The van der Waals surface area contributed by atoms with Crippen molar-refractivity contribution in [3.05, 3.63) is 84.3 Å². The van der Waals surface area contributed by atoms with Crippen molar-refractivity contribution in [1.29, 1.82) is 0 Å². The van der Waals surface area contributed by atoms with Gasteiger partial charge in [0.1, 0.15) is 5.76 Å². The van der Waals surface area contributed by atoms with Crippen LogP contribution in [0, 0.1) is 0 Å². The second kappa shape index (κ2) is 7.70. The lowest BCUT2D eigenvalue weighted by Crippen LogP contribution is -2.14. The van der Waals surface area contributed by atoms with Crippen LogP contribution in [0.4, 0.5) is 5.69 Å². The fourth-order valence-electron chi connectivity index (χ4n) is 2.35. The third-order valence-corrected chi connectivity index (χ3v) is 4.31. The van der Waals surface area contributed by atoms with E-state index >= 15 is 0 Å². The van der Waals surface area contributed by atoms with Gasteiger partial charge in [-0.25, -0.2) is 0 Å². The molecule has 2 aromatic carbocycles. The smallest absolute Gasteiger partial charge is 0.256 e. The quantitative estimate of drug-likeness (QED) is 0.516. The van der Waals surface area contributed by atoms with Gasteiger partial charge in [-0.15, -0.1) is 11.8 Å². The Balaban J connectivity index is 1.95. The molecule has 120 valence electrons. The molecule has 0 aliphatic carbocycles. The summed E-state index contributed by atoms with van der Waals surface area (Å²) < 4.78 is 5.37. The Hall–Kier alpha value is -2.72. The summed E-state index contributed by atoms with van der Waals surface area (Å²) in [5.41, 5.74) is 2.20. The van der Waals surface area contributed by atoms with E-state index in [9.17, 15) is 4.79 Å². The lowest BCUT2D eigenvalue weighted by atomic mass is 10.0. The van der Waals surface area contributed by atoms with E-state index in [1.807, 2.05) is 66.9 Å². The first-order valence-corrected chi connectivity index (χ1v) is 8.75. The van der Waals surface area contributed by atoms with Gasteiger partial charge in [-0.2, -0.15) is 0 Å². The maximum absolute atomic E-state index is 12.9. The summed E-state index contributed by atoms with van der Waals surface area (Å²) in [6, 6.07) is 21.0. The molecular weight excluding hydrogens is 318 g/mol. The Kier molecular flexibility index (Phi) is 5.18. The molecule has 4 heteroatoms. The molecule has 3 rings (SSSR count). The summed E-state index contributed by atoms with van der Waals surface area (Å²) in [7, 11) is 0. The number of amides is 1. The molecule has 0 atom stereocenters. The molecule has 1 amide bonds. The van der Waals surface area contributed by atoms with Crippen molar-refractivity contribution in [2.75, 3.05) is 11.6 Å². The number of hydrogen-bond acceptors (Lipinski definition) is 3. The molecule has 0 aliphatic heterocycles. The fourth-order valence-corrected chi connectivity index (χ4v) is 2.90. The largest absolute Gasteiger partial charge is 0.465 e. The molecular formula is C20H17NO2S. The minimum Gasteiger partial charge on any atom is -0.465 e. The summed E-state index contributed by atoms with van der Waals surface area (Å²) in [6.07, 6.45) is 5.34. The van der Waals surface area contributed by atoms with Gasteiger partial charge >= 0.3 is 0 Å². The molecule has 0 unspecified atom stereocenters. The van der Waals surface area contributed by atoms with Crippen LogP contribution in [0.2, 0.25) is 0 Å². The summed E-state index contributed by atoms with van der Waals surface area (Å²) in [6.45, 7) is 0. The standard InChI is InChI=1S/C20H17NO2S/c1-24-19-12-6-5-11-18(19)21-20(22)17(14-16-10-7-13-23-16)15-8-3-2-4-9-15/h2-14H,1H3,(H,21,22). The van der Waals surface area contributed by atoms with Gasteiger partial charge in [-0.3, -0.25) is 4.79 Å². The molecule has 1 N–H and O–H groups in total. The zero-order valence-corrected chi connectivity index (χ0v) is 14.0. The average Bonchev–Trinajstić information content (AvgIpc) is 3.14. The summed E-state index contributed by atoms with van der Waals surface area (Å²) in [4.78, 5) is 13.9. The average molecular weight is 335 g/mol. The highest BCUT2D eigenvalue weighted by atomic mass is 32.2. The second-order valence-electron chi connectivity index (χ2n) is 5.09. The third-order valence-electron chi connectivity index (χ3n) is 3.51. The SMILES string of the molecule is CSc1ccccc1NC(=O)C(=Cc1ccco1)c1ccccc1. The van der Waals surface area contributed by atoms with Gasteiger partial charge in [0.05, 0.1) is 17.5 Å².